The third-order valence-corrected chi connectivity index (χ3v) is 0.391. The molecular formula is C5H10N2. The van der Waals surface area contributed by atoms with Gasteiger partial charge in [0.15, 0.2) is 0 Å². The van der Waals surface area contributed by atoms with Crippen LogP contribution in [0.3, 0.4) is 0 Å². The molecule has 0 aliphatic carbocycles. The Kier molecular flexibility index (Phi) is 1.73. The Labute approximate surface area is 43.8 Å². The molecule has 7 heavy (non-hydrogen) atoms. The summed E-state index contributed by atoms with van der Waals surface area (Å²) in [6.07, 6.45) is 0. The highest BCUT2D eigenvalue weighted by Gasteiger charge is 2.03. The number of rotatable bonds is 0. The summed E-state index contributed by atoms with van der Waals surface area (Å²) in [6.45, 7) is 5.78. The Morgan fingerprint density at radius 1 is 1.43 bits per heavy atom. The SMILES string of the molecule is CC(C)(C)N=C=N. The highest BCUT2D eigenvalue weighted by Crippen LogP contribution is 2.02. The van der Waals surface area contributed by atoms with Crippen molar-refractivity contribution < 1.29 is 0 Å². The average molecular weight is 98.1 g/mol. The monoisotopic (exact) mass is 98.1 g/mol. The molecule has 1 N–H and O–H groups in total. The third-order valence-electron chi connectivity index (χ3n) is 0.391. The van der Waals surface area contributed by atoms with E-state index < -0.39 is 0 Å². The largest absolute Gasteiger partial charge is 0.242 e. The first-order chi connectivity index (χ1) is 3.06. The topological polar surface area (TPSA) is 36.2 Å². The molecular weight excluding hydrogens is 88.1 g/mol. The first-order valence-electron chi connectivity index (χ1n) is 2.20. The fourth-order valence-corrected chi connectivity index (χ4v) is 0.168. The van der Waals surface area contributed by atoms with Crippen molar-refractivity contribution in [1.82, 2.24) is 0 Å². The minimum absolute atomic E-state index is 0.123. The van der Waals surface area contributed by atoms with E-state index in [1.807, 2.05) is 26.8 Å². The first-order valence-corrected chi connectivity index (χ1v) is 2.20. The van der Waals surface area contributed by atoms with Crippen LogP contribution in [-0.2, 0) is 0 Å². The zero-order valence-corrected chi connectivity index (χ0v) is 4.95. The highest BCUT2D eigenvalue weighted by molar-refractivity contribution is 5.36. The van der Waals surface area contributed by atoms with Gasteiger partial charge in [-0.2, -0.15) is 0 Å². The summed E-state index contributed by atoms with van der Waals surface area (Å²) >= 11 is 0. The number of hydrogen-bond acceptors (Lipinski definition) is 2. The molecule has 0 aromatic rings. The van der Waals surface area contributed by atoms with E-state index in [2.05, 4.69) is 4.99 Å². The summed E-state index contributed by atoms with van der Waals surface area (Å²) in [7, 11) is 0. The number of nitrogens with zero attached hydrogens (tertiary/aromatic N) is 1. The average Bonchev–Trinajstić information content (AvgIpc) is 1.30. The van der Waals surface area contributed by atoms with Crippen molar-refractivity contribution in [1.29, 1.82) is 5.41 Å². The van der Waals surface area contributed by atoms with Gasteiger partial charge in [0.25, 0.3) is 0 Å². The summed E-state index contributed by atoms with van der Waals surface area (Å²) in [5.74, 6) is 0. The minimum Gasteiger partial charge on any atom is -0.242 e. The Morgan fingerprint density at radius 3 is 1.86 bits per heavy atom. The maximum atomic E-state index is 6.44. The number of nitrogens with one attached hydrogen (secondary N) is 1. The fourth-order valence-electron chi connectivity index (χ4n) is 0.168. The molecule has 0 spiro atoms. The Balaban J connectivity index is 3.80. The molecule has 0 radical (unpaired) electrons. The summed E-state index contributed by atoms with van der Waals surface area (Å²) < 4.78 is 0. The van der Waals surface area contributed by atoms with E-state index in [1.165, 1.54) is 0 Å². The van der Waals surface area contributed by atoms with Crippen molar-refractivity contribution in [2.24, 2.45) is 4.99 Å². The zero-order valence-electron chi connectivity index (χ0n) is 4.95. The molecule has 0 saturated carbocycles. The van der Waals surface area contributed by atoms with Crippen LogP contribution in [-0.4, -0.2) is 11.5 Å². The van der Waals surface area contributed by atoms with Crippen molar-refractivity contribution in [3.63, 3.8) is 0 Å². The van der Waals surface area contributed by atoms with Crippen LogP contribution >= 0.6 is 0 Å². The number of hydrogen-bond donors (Lipinski definition) is 1. The van der Waals surface area contributed by atoms with E-state index >= 15 is 0 Å². The van der Waals surface area contributed by atoms with Crippen LogP contribution in [0.15, 0.2) is 4.99 Å². The summed E-state index contributed by atoms with van der Waals surface area (Å²) in [4.78, 5) is 3.67. The molecule has 2 heteroatoms. The molecule has 0 aliphatic heterocycles. The smallest absolute Gasteiger partial charge is 0.0867 e. The predicted molar refractivity (Wildman–Crippen MR) is 29.9 cm³/mol. The second-order valence-electron chi connectivity index (χ2n) is 2.39. The second kappa shape index (κ2) is 1.90. The number of aliphatic imine (C=N–C) groups is 1. The minimum atomic E-state index is -0.123. The van der Waals surface area contributed by atoms with Gasteiger partial charge in [0.2, 0.25) is 0 Å². The van der Waals surface area contributed by atoms with Crippen molar-refractivity contribution in [2.45, 2.75) is 26.3 Å². The lowest BCUT2D eigenvalue weighted by atomic mass is 10.1. The lowest BCUT2D eigenvalue weighted by Gasteiger charge is -2.06. The van der Waals surface area contributed by atoms with Crippen LogP contribution < -0.4 is 0 Å². The van der Waals surface area contributed by atoms with Crippen molar-refractivity contribution in [3.05, 3.63) is 0 Å². The van der Waals surface area contributed by atoms with Gasteiger partial charge >= 0.3 is 0 Å². The molecule has 0 saturated heterocycles. The van der Waals surface area contributed by atoms with Gasteiger partial charge in [-0.15, -0.1) is 0 Å². The van der Waals surface area contributed by atoms with Crippen LogP contribution in [0.5, 0.6) is 0 Å². The normalized spacial score (nSPS) is 10.1. The quantitative estimate of drug-likeness (QED) is 0.446. The molecule has 0 amide bonds. The van der Waals surface area contributed by atoms with E-state index in [0.717, 1.165) is 0 Å². The van der Waals surface area contributed by atoms with Gasteiger partial charge in [-0.1, -0.05) is 0 Å². The van der Waals surface area contributed by atoms with Crippen LogP contribution in [0.25, 0.3) is 0 Å². The lowest BCUT2D eigenvalue weighted by molar-refractivity contribution is 0.586. The molecule has 2 nitrogen and oxygen atoms in total. The van der Waals surface area contributed by atoms with E-state index in [9.17, 15) is 0 Å². The second-order valence-corrected chi connectivity index (χ2v) is 2.39. The Bertz CT molecular complexity index is 93.1. The van der Waals surface area contributed by atoms with Crippen LogP contribution in [0.4, 0.5) is 0 Å². The van der Waals surface area contributed by atoms with Gasteiger partial charge in [0.05, 0.1) is 11.5 Å². The van der Waals surface area contributed by atoms with Crippen LogP contribution in [0, 0.1) is 5.41 Å². The van der Waals surface area contributed by atoms with Crippen molar-refractivity contribution >= 4 is 6.01 Å². The molecule has 0 aromatic carbocycles. The third kappa shape index (κ3) is 5.38. The van der Waals surface area contributed by atoms with Crippen molar-refractivity contribution in [2.75, 3.05) is 0 Å². The highest BCUT2D eigenvalue weighted by atomic mass is 14.8. The first kappa shape index (κ1) is 6.38. The molecule has 0 aromatic heterocycles. The van der Waals surface area contributed by atoms with Gasteiger partial charge in [-0.3, -0.25) is 0 Å². The molecule has 0 aliphatic rings. The summed E-state index contributed by atoms with van der Waals surface area (Å²) in [6, 6.07) is 1.98. The Morgan fingerprint density at radius 2 is 1.86 bits per heavy atom. The summed E-state index contributed by atoms with van der Waals surface area (Å²) in [5, 5.41) is 6.44. The Hall–Kier alpha value is -0.620. The van der Waals surface area contributed by atoms with Crippen molar-refractivity contribution in [3.8, 4) is 0 Å². The maximum absolute atomic E-state index is 6.44. The predicted octanol–water partition coefficient (Wildman–Crippen LogP) is 1.54. The molecule has 0 fully saturated rings. The molecule has 0 atom stereocenters. The van der Waals surface area contributed by atoms with Crippen LogP contribution in [0.2, 0.25) is 0 Å². The lowest BCUT2D eigenvalue weighted by Crippen LogP contribution is -2.07. The molecule has 0 heterocycles. The van der Waals surface area contributed by atoms with E-state index in [1.54, 1.807) is 0 Å². The fraction of sp³-hybridized carbons (Fsp3) is 0.800. The van der Waals surface area contributed by atoms with Gasteiger partial charge in [0.1, 0.15) is 0 Å². The molecule has 40 valence electrons. The van der Waals surface area contributed by atoms with E-state index in [0.29, 0.717) is 0 Å². The van der Waals surface area contributed by atoms with Gasteiger partial charge < -0.3 is 0 Å². The maximum Gasteiger partial charge on any atom is 0.0867 e. The van der Waals surface area contributed by atoms with Gasteiger partial charge in [-0.05, 0) is 20.8 Å². The standard InChI is InChI=1S/C5H10N2/c1-5(2,3)7-4-6/h6H,1-3H3. The molecule has 0 rings (SSSR count). The van der Waals surface area contributed by atoms with Gasteiger partial charge in [0, 0.05) is 0 Å². The van der Waals surface area contributed by atoms with Gasteiger partial charge in [-0.25, -0.2) is 10.4 Å². The van der Waals surface area contributed by atoms with E-state index in [4.69, 9.17) is 5.41 Å². The van der Waals surface area contributed by atoms with Crippen LogP contribution in [0.1, 0.15) is 20.8 Å². The summed E-state index contributed by atoms with van der Waals surface area (Å²) in [5.41, 5.74) is -0.123. The zero-order chi connectivity index (χ0) is 5.91. The molecule has 0 bridgehead atoms. The van der Waals surface area contributed by atoms with E-state index in [-0.39, 0.29) is 5.54 Å². The molecule has 0 unspecified atom stereocenters.